The van der Waals surface area contributed by atoms with Crippen molar-refractivity contribution >= 4 is 35.0 Å². The minimum absolute atomic E-state index is 0.0877. The lowest BCUT2D eigenvalue weighted by molar-refractivity contribution is -0.121. The van der Waals surface area contributed by atoms with Crippen molar-refractivity contribution in [3.63, 3.8) is 0 Å². The summed E-state index contributed by atoms with van der Waals surface area (Å²) in [4.78, 5) is 25.4. The van der Waals surface area contributed by atoms with E-state index in [9.17, 15) is 9.59 Å². The van der Waals surface area contributed by atoms with Crippen molar-refractivity contribution < 1.29 is 14.1 Å². The van der Waals surface area contributed by atoms with Crippen molar-refractivity contribution in [2.24, 2.45) is 0 Å². The third-order valence-corrected chi connectivity index (χ3v) is 3.91. The predicted molar refractivity (Wildman–Crippen MR) is 87.7 cm³/mol. The van der Waals surface area contributed by atoms with Gasteiger partial charge in [-0.2, -0.15) is 0 Å². The van der Waals surface area contributed by atoms with Crippen LogP contribution in [0.5, 0.6) is 0 Å². The van der Waals surface area contributed by atoms with E-state index in [1.807, 2.05) is 0 Å². The summed E-state index contributed by atoms with van der Waals surface area (Å²) >= 11 is 12.4. The fourth-order valence-electron chi connectivity index (χ4n) is 2.08. The number of amides is 2. The van der Waals surface area contributed by atoms with Gasteiger partial charge >= 0.3 is 0 Å². The van der Waals surface area contributed by atoms with Crippen LogP contribution in [0, 0.1) is 6.92 Å². The number of hydrogen-bond acceptors (Lipinski definition) is 4. The normalized spacial score (nSPS) is 10.5. The average molecular weight is 356 g/mol. The van der Waals surface area contributed by atoms with E-state index < -0.39 is 5.91 Å². The van der Waals surface area contributed by atoms with Crippen LogP contribution in [0.1, 0.15) is 16.1 Å². The van der Waals surface area contributed by atoms with E-state index in [1.165, 1.54) is 19.0 Å². The molecule has 2 rings (SSSR count). The Morgan fingerprint density at radius 2 is 1.91 bits per heavy atom. The molecule has 2 aromatic rings. The molecule has 0 unspecified atom stereocenters. The zero-order valence-electron chi connectivity index (χ0n) is 12.8. The van der Waals surface area contributed by atoms with Crippen LogP contribution in [0.15, 0.2) is 22.7 Å². The lowest BCUT2D eigenvalue weighted by atomic mass is 10.0. The van der Waals surface area contributed by atoms with Crippen molar-refractivity contribution in [2.75, 3.05) is 20.6 Å². The third-order valence-electron chi connectivity index (χ3n) is 3.28. The first-order valence-electron chi connectivity index (χ1n) is 6.73. The Bertz CT molecular complexity index is 738. The minimum atomic E-state index is -0.404. The molecule has 2 amide bonds. The van der Waals surface area contributed by atoms with Crippen LogP contribution in [0.3, 0.4) is 0 Å². The van der Waals surface area contributed by atoms with E-state index in [4.69, 9.17) is 27.7 Å². The van der Waals surface area contributed by atoms with Gasteiger partial charge in [0.25, 0.3) is 5.91 Å². The number of benzene rings is 1. The summed E-state index contributed by atoms with van der Waals surface area (Å²) in [6.07, 6.45) is 0. The summed E-state index contributed by atoms with van der Waals surface area (Å²) in [6, 6.07) is 4.99. The molecule has 1 N–H and O–H groups in total. The van der Waals surface area contributed by atoms with Crippen molar-refractivity contribution in [1.29, 1.82) is 0 Å². The van der Waals surface area contributed by atoms with Crippen molar-refractivity contribution in [1.82, 2.24) is 15.4 Å². The SMILES string of the molecule is CNC(=O)CN(C)C(=O)c1c(-c2c(Cl)cccc2Cl)noc1C. The molecule has 1 aromatic carbocycles. The summed E-state index contributed by atoms with van der Waals surface area (Å²) in [5, 5.41) is 7.09. The molecule has 0 radical (unpaired) electrons. The van der Waals surface area contributed by atoms with E-state index in [0.29, 0.717) is 21.4 Å². The average Bonchev–Trinajstić information content (AvgIpc) is 2.87. The van der Waals surface area contributed by atoms with E-state index in [0.717, 1.165) is 0 Å². The molecule has 0 bridgehead atoms. The number of nitrogens with one attached hydrogen (secondary N) is 1. The maximum atomic E-state index is 12.7. The molecule has 0 atom stereocenters. The van der Waals surface area contributed by atoms with Gasteiger partial charge in [0.1, 0.15) is 17.0 Å². The molecule has 0 aliphatic carbocycles. The highest BCUT2D eigenvalue weighted by Crippen LogP contribution is 2.37. The monoisotopic (exact) mass is 355 g/mol. The molecule has 23 heavy (non-hydrogen) atoms. The first-order chi connectivity index (χ1) is 10.9. The fraction of sp³-hybridized carbons (Fsp3) is 0.267. The van der Waals surface area contributed by atoms with Gasteiger partial charge in [0.05, 0.1) is 16.6 Å². The molecular formula is C15H15Cl2N3O3. The topological polar surface area (TPSA) is 75.4 Å². The van der Waals surface area contributed by atoms with E-state index in [-0.39, 0.29) is 23.7 Å². The highest BCUT2D eigenvalue weighted by molar-refractivity contribution is 6.39. The summed E-state index contributed by atoms with van der Waals surface area (Å²) in [7, 11) is 3.02. The smallest absolute Gasteiger partial charge is 0.259 e. The van der Waals surface area contributed by atoms with Crippen molar-refractivity contribution in [2.45, 2.75) is 6.92 Å². The molecule has 6 nitrogen and oxygen atoms in total. The molecule has 0 fully saturated rings. The number of rotatable bonds is 4. The zero-order valence-corrected chi connectivity index (χ0v) is 14.3. The number of aryl methyl sites for hydroxylation is 1. The summed E-state index contributed by atoms with van der Waals surface area (Å²) in [6.45, 7) is 1.53. The highest BCUT2D eigenvalue weighted by Gasteiger charge is 2.27. The Kier molecular flexibility index (Phi) is 5.28. The number of likely N-dealkylation sites (N-methyl/N-ethyl adjacent to an activating group) is 2. The minimum Gasteiger partial charge on any atom is -0.360 e. The van der Waals surface area contributed by atoms with Crippen LogP contribution >= 0.6 is 23.2 Å². The van der Waals surface area contributed by atoms with Gasteiger partial charge in [0.2, 0.25) is 5.91 Å². The van der Waals surface area contributed by atoms with Gasteiger partial charge in [-0.25, -0.2) is 0 Å². The lowest BCUT2D eigenvalue weighted by Crippen LogP contribution is -2.37. The van der Waals surface area contributed by atoms with Gasteiger partial charge in [-0.05, 0) is 19.1 Å². The molecule has 122 valence electrons. The van der Waals surface area contributed by atoms with Crippen molar-refractivity contribution in [3.05, 3.63) is 39.6 Å². The van der Waals surface area contributed by atoms with E-state index in [2.05, 4.69) is 10.5 Å². The second kappa shape index (κ2) is 7.02. The van der Waals surface area contributed by atoms with Gasteiger partial charge < -0.3 is 14.7 Å². The second-order valence-electron chi connectivity index (χ2n) is 4.89. The van der Waals surface area contributed by atoms with Gasteiger partial charge in [-0.15, -0.1) is 0 Å². The number of hydrogen-bond donors (Lipinski definition) is 1. The Morgan fingerprint density at radius 3 is 2.48 bits per heavy atom. The standard InChI is InChI=1S/C15H15Cl2N3O3/c1-8-12(15(22)20(3)7-11(21)18-2)14(19-23-8)13-9(16)5-4-6-10(13)17/h4-6H,7H2,1-3H3,(H,18,21). The maximum absolute atomic E-state index is 12.7. The molecule has 8 heteroatoms. The molecule has 0 saturated heterocycles. The van der Waals surface area contributed by atoms with Crippen molar-refractivity contribution in [3.8, 4) is 11.3 Å². The highest BCUT2D eigenvalue weighted by atomic mass is 35.5. The Morgan fingerprint density at radius 1 is 1.30 bits per heavy atom. The predicted octanol–water partition coefficient (Wildman–Crippen LogP) is 2.77. The number of carbonyl (C=O) groups excluding carboxylic acids is 2. The Labute approximate surface area is 143 Å². The number of nitrogens with zero attached hydrogens (tertiary/aromatic N) is 2. The molecule has 0 aliphatic rings. The fourth-order valence-corrected chi connectivity index (χ4v) is 2.65. The summed E-state index contributed by atoms with van der Waals surface area (Å²) in [5.74, 6) is -0.365. The molecule has 0 aliphatic heterocycles. The first-order valence-corrected chi connectivity index (χ1v) is 7.49. The second-order valence-corrected chi connectivity index (χ2v) is 5.71. The molecule has 0 saturated carbocycles. The van der Waals surface area contributed by atoms with Crippen LogP contribution in [-0.2, 0) is 4.79 Å². The van der Waals surface area contributed by atoms with Crippen LogP contribution in [0.2, 0.25) is 10.0 Å². The maximum Gasteiger partial charge on any atom is 0.259 e. The van der Waals surface area contributed by atoms with Crippen LogP contribution in [0.4, 0.5) is 0 Å². The Hall–Kier alpha value is -2.05. The van der Waals surface area contributed by atoms with E-state index in [1.54, 1.807) is 25.1 Å². The van der Waals surface area contributed by atoms with Gasteiger partial charge in [-0.1, -0.05) is 34.4 Å². The van der Waals surface area contributed by atoms with E-state index >= 15 is 0 Å². The number of carbonyl (C=O) groups is 2. The number of aromatic nitrogens is 1. The largest absolute Gasteiger partial charge is 0.360 e. The van der Waals surface area contributed by atoms with Gasteiger partial charge in [0, 0.05) is 19.7 Å². The van der Waals surface area contributed by atoms with Crippen LogP contribution in [-0.4, -0.2) is 42.5 Å². The summed E-state index contributed by atoms with van der Waals surface area (Å²) < 4.78 is 5.15. The van der Waals surface area contributed by atoms with Crippen LogP contribution in [0.25, 0.3) is 11.3 Å². The summed E-state index contributed by atoms with van der Waals surface area (Å²) in [5.41, 5.74) is 0.905. The van der Waals surface area contributed by atoms with Crippen LogP contribution < -0.4 is 5.32 Å². The first kappa shape index (κ1) is 17.3. The molecular weight excluding hydrogens is 341 g/mol. The van der Waals surface area contributed by atoms with Gasteiger partial charge in [-0.3, -0.25) is 9.59 Å². The zero-order chi connectivity index (χ0) is 17.1. The molecule has 0 spiro atoms. The number of halogens is 2. The molecule has 1 heterocycles. The lowest BCUT2D eigenvalue weighted by Gasteiger charge is -2.16. The molecule has 1 aromatic heterocycles. The third kappa shape index (κ3) is 3.48. The quantitative estimate of drug-likeness (QED) is 0.914. The Balaban J connectivity index is 2.47. The van der Waals surface area contributed by atoms with Gasteiger partial charge in [0.15, 0.2) is 0 Å².